The molecule has 2 aromatic carbocycles. The predicted octanol–water partition coefficient (Wildman–Crippen LogP) is 4.39. The number of nitro groups is 1. The van der Waals surface area contributed by atoms with Crippen LogP contribution in [0.4, 0.5) is 10.1 Å². The van der Waals surface area contributed by atoms with E-state index in [1.165, 1.54) is 24.3 Å². The fourth-order valence-electron chi connectivity index (χ4n) is 2.27. The van der Waals surface area contributed by atoms with Crippen molar-refractivity contribution in [1.29, 1.82) is 0 Å². The number of rotatable bonds is 3. The molecule has 0 aliphatic rings. The lowest BCUT2D eigenvalue weighted by Crippen LogP contribution is -2.01. The third kappa shape index (κ3) is 2.60. The molecule has 0 unspecified atom stereocenters. The van der Waals surface area contributed by atoms with Gasteiger partial charge in [-0.25, -0.2) is 4.39 Å². The van der Waals surface area contributed by atoms with Gasteiger partial charge in [-0.05, 0) is 30.3 Å². The Morgan fingerprint density at radius 1 is 1.19 bits per heavy atom. The van der Waals surface area contributed by atoms with Crippen molar-refractivity contribution in [3.63, 3.8) is 0 Å². The molecule has 106 valence electrons. The molecule has 0 fully saturated rings. The molecule has 0 saturated carbocycles. The summed E-state index contributed by atoms with van der Waals surface area (Å²) in [6, 6.07) is 10.8. The van der Waals surface area contributed by atoms with Crippen LogP contribution in [-0.2, 0) is 6.54 Å². The fourth-order valence-corrected chi connectivity index (χ4v) is 2.47. The van der Waals surface area contributed by atoms with Gasteiger partial charge in [-0.15, -0.1) is 0 Å². The van der Waals surface area contributed by atoms with Crippen molar-refractivity contribution in [1.82, 2.24) is 4.57 Å². The summed E-state index contributed by atoms with van der Waals surface area (Å²) in [5.74, 6) is -0.355. The van der Waals surface area contributed by atoms with Gasteiger partial charge in [0.05, 0.1) is 17.0 Å². The van der Waals surface area contributed by atoms with Gasteiger partial charge in [0, 0.05) is 34.3 Å². The van der Waals surface area contributed by atoms with E-state index < -0.39 is 4.92 Å². The molecular formula is C15H10ClFN2O2. The molecule has 0 N–H and O–H groups in total. The van der Waals surface area contributed by atoms with E-state index in [0.29, 0.717) is 16.1 Å². The normalized spacial score (nSPS) is 11.0. The Balaban J connectivity index is 2.06. The maximum atomic E-state index is 13.8. The number of non-ortho nitro benzene ring substituents is 1. The zero-order valence-electron chi connectivity index (χ0n) is 10.8. The second kappa shape index (κ2) is 5.18. The first-order valence-corrected chi connectivity index (χ1v) is 6.59. The highest BCUT2D eigenvalue weighted by atomic mass is 35.5. The Bertz CT molecular complexity index is 845. The zero-order chi connectivity index (χ0) is 15.0. The maximum Gasteiger partial charge on any atom is 0.271 e. The van der Waals surface area contributed by atoms with Gasteiger partial charge in [0.2, 0.25) is 0 Å². The first-order valence-electron chi connectivity index (χ1n) is 6.22. The van der Waals surface area contributed by atoms with Crippen molar-refractivity contribution >= 4 is 28.2 Å². The van der Waals surface area contributed by atoms with Crippen LogP contribution in [0.15, 0.2) is 48.7 Å². The number of halogens is 2. The molecule has 0 amide bonds. The summed E-state index contributed by atoms with van der Waals surface area (Å²) in [7, 11) is 0. The second-order valence-electron chi connectivity index (χ2n) is 4.68. The predicted molar refractivity (Wildman–Crippen MR) is 79.1 cm³/mol. The minimum absolute atomic E-state index is 0.00835. The van der Waals surface area contributed by atoms with Crippen LogP contribution in [0.25, 0.3) is 10.9 Å². The van der Waals surface area contributed by atoms with Crippen LogP contribution in [0, 0.1) is 15.9 Å². The number of aromatic nitrogens is 1. The van der Waals surface area contributed by atoms with Gasteiger partial charge in [0.15, 0.2) is 0 Å². The van der Waals surface area contributed by atoms with Crippen LogP contribution in [0.2, 0.25) is 5.02 Å². The van der Waals surface area contributed by atoms with Crippen molar-refractivity contribution in [2.45, 2.75) is 6.54 Å². The van der Waals surface area contributed by atoms with Crippen molar-refractivity contribution in [2.24, 2.45) is 0 Å². The molecule has 6 heteroatoms. The fraction of sp³-hybridized carbons (Fsp3) is 0.0667. The van der Waals surface area contributed by atoms with E-state index in [1.807, 2.05) is 6.07 Å². The number of hydrogen-bond donors (Lipinski definition) is 0. The molecule has 0 radical (unpaired) electrons. The lowest BCUT2D eigenvalue weighted by atomic mass is 10.2. The Hall–Kier alpha value is -2.40. The molecule has 21 heavy (non-hydrogen) atoms. The van der Waals surface area contributed by atoms with Crippen LogP contribution in [0.3, 0.4) is 0 Å². The SMILES string of the molecule is O=[N+]([O-])c1ccc2ccn(Cc3cc(Cl)ccc3F)c2c1. The van der Waals surface area contributed by atoms with Gasteiger partial charge >= 0.3 is 0 Å². The van der Waals surface area contributed by atoms with E-state index in [9.17, 15) is 14.5 Å². The van der Waals surface area contributed by atoms with Crippen molar-refractivity contribution in [3.8, 4) is 0 Å². The molecule has 3 aromatic rings. The summed E-state index contributed by atoms with van der Waals surface area (Å²) in [5.41, 5.74) is 1.13. The summed E-state index contributed by atoms with van der Waals surface area (Å²) < 4.78 is 15.5. The van der Waals surface area contributed by atoms with Crippen LogP contribution in [0.1, 0.15) is 5.56 Å². The van der Waals surface area contributed by atoms with Gasteiger partial charge in [0.1, 0.15) is 5.82 Å². The number of nitrogens with zero attached hydrogens (tertiary/aromatic N) is 2. The highest BCUT2D eigenvalue weighted by Gasteiger charge is 2.11. The number of hydrogen-bond acceptors (Lipinski definition) is 2. The molecule has 3 rings (SSSR count). The first kappa shape index (κ1) is 13.6. The van der Waals surface area contributed by atoms with Crippen LogP contribution >= 0.6 is 11.6 Å². The molecule has 4 nitrogen and oxygen atoms in total. The second-order valence-corrected chi connectivity index (χ2v) is 5.12. The van der Waals surface area contributed by atoms with Crippen LogP contribution in [-0.4, -0.2) is 9.49 Å². The molecule has 0 aliphatic carbocycles. The number of benzene rings is 2. The third-order valence-electron chi connectivity index (χ3n) is 3.32. The Kier molecular flexibility index (Phi) is 3.35. The largest absolute Gasteiger partial charge is 0.343 e. The first-order chi connectivity index (χ1) is 10.0. The van der Waals surface area contributed by atoms with Gasteiger partial charge in [0.25, 0.3) is 5.69 Å². The van der Waals surface area contributed by atoms with E-state index in [0.717, 1.165) is 5.39 Å². The van der Waals surface area contributed by atoms with Crippen molar-refractivity contribution < 1.29 is 9.31 Å². The lowest BCUT2D eigenvalue weighted by molar-refractivity contribution is -0.384. The molecule has 0 atom stereocenters. The molecule has 0 saturated heterocycles. The van der Waals surface area contributed by atoms with E-state index in [1.54, 1.807) is 22.9 Å². The van der Waals surface area contributed by atoms with Gasteiger partial charge < -0.3 is 4.57 Å². The highest BCUT2D eigenvalue weighted by molar-refractivity contribution is 6.30. The molecule has 1 heterocycles. The van der Waals surface area contributed by atoms with E-state index >= 15 is 0 Å². The maximum absolute atomic E-state index is 13.8. The highest BCUT2D eigenvalue weighted by Crippen LogP contribution is 2.24. The van der Waals surface area contributed by atoms with Gasteiger partial charge in [-0.2, -0.15) is 0 Å². The third-order valence-corrected chi connectivity index (χ3v) is 3.55. The lowest BCUT2D eigenvalue weighted by Gasteiger charge is -2.07. The summed E-state index contributed by atoms with van der Waals surface area (Å²) in [4.78, 5) is 10.4. The standard InChI is InChI=1S/C15H10ClFN2O2/c16-12-2-4-14(17)11(7-12)9-18-6-5-10-1-3-13(19(20)21)8-15(10)18/h1-8H,9H2. The average molecular weight is 305 g/mol. The van der Waals surface area contributed by atoms with Gasteiger partial charge in [-0.3, -0.25) is 10.1 Å². The van der Waals surface area contributed by atoms with Crippen LogP contribution < -0.4 is 0 Å². The monoisotopic (exact) mass is 304 g/mol. The Labute approximate surface area is 124 Å². The molecule has 1 aromatic heterocycles. The minimum atomic E-state index is -0.448. The Morgan fingerprint density at radius 3 is 2.76 bits per heavy atom. The molecule has 0 spiro atoms. The minimum Gasteiger partial charge on any atom is -0.343 e. The molecule has 0 aliphatic heterocycles. The van der Waals surface area contributed by atoms with E-state index in [-0.39, 0.29) is 18.0 Å². The molecular weight excluding hydrogens is 295 g/mol. The topological polar surface area (TPSA) is 48.1 Å². The number of nitro benzene ring substituents is 1. The van der Waals surface area contributed by atoms with Crippen LogP contribution in [0.5, 0.6) is 0 Å². The summed E-state index contributed by atoms with van der Waals surface area (Å²) >= 11 is 5.88. The molecule has 0 bridgehead atoms. The van der Waals surface area contributed by atoms with Crippen molar-refractivity contribution in [2.75, 3.05) is 0 Å². The Morgan fingerprint density at radius 2 is 2.00 bits per heavy atom. The van der Waals surface area contributed by atoms with Gasteiger partial charge in [-0.1, -0.05) is 11.6 Å². The van der Waals surface area contributed by atoms with Crippen molar-refractivity contribution in [3.05, 3.63) is 75.2 Å². The van der Waals surface area contributed by atoms with E-state index in [2.05, 4.69) is 0 Å². The zero-order valence-corrected chi connectivity index (χ0v) is 11.5. The summed E-state index contributed by atoms with van der Waals surface area (Å²) in [6.07, 6.45) is 1.77. The number of fused-ring (bicyclic) bond motifs is 1. The summed E-state index contributed by atoms with van der Waals surface area (Å²) in [5, 5.41) is 12.2. The summed E-state index contributed by atoms with van der Waals surface area (Å²) in [6.45, 7) is 0.261. The smallest absolute Gasteiger partial charge is 0.271 e. The quantitative estimate of drug-likeness (QED) is 0.532. The van der Waals surface area contributed by atoms with E-state index in [4.69, 9.17) is 11.6 Å². The average Bonchev–Trinajstić information content (AvgIpc) is 2.85.